The SMILES string of the molecule is COCc1ccc(C(=O)Nc2ccc(-c3nc(CNC(=O)[C@@H]4CC(=O)N(C(C)C)C4)c(C)o3)cc2)o1. The summed E-state index contributed by atoms with van der Waals surface area (Å²) < 4.78 is 16.2. The standard InChI is InChI=1S/C26H30N4O6/c1-15(2)30-13-18(11-23(30)31)24(32)27-12-21-16(3)35-26(29-21)17-5-7-19(8-6-17)28-25(33)22-10-9-20(36-22)14-34-4/h5-10,15,18H,11-14H2,1-4H3,(H,27,32)(H,28,33)/t18-/m1/s1. The Bertz CT molecular complexity index is 1240. The molecule has 4 rings (SSSR count). The molecule has 1 aromatic carbocycles. The largest absolute Gasteiger partial charge is 0.453 e. The summed E-state index contributed by atoms with van der Waals surface area (Å²) in [5, 5.41) is 5.66. The summed E-state index contributed by atoms with van der Waals surface area (Å²) >= 11 is 0. The normalized spacial score (nSPS) is 15.5. The molecule has 1 aliphatic rings. The van der Waals surface area contributed by atoms with Crippen LogP contribution in [0, 0.1) is 12.8 Å². The van der Waals surface area contributed by atoms with Gasteiger partial charge in [0.1, 0.15) is 23.8 Å². The van der Waals surface area contributed by atoms with Crippen molar-refractivity contribution in [1.29, 1.82) is 0 Å². The van der Waals surface area contributed by atoms with Gasteiger partial charge in [-0.25, -0.2) is 4.98 Å². The van der Waals surface area contributed by atoms with Crippen molar-refractivity contribution < 1.29 is 28.0 Å². The average Bonchev–Trinajstić information content (AvgIpc) is 3.57. The van der Waals surface area contributed by atoms with Crippen molar-refractivity contribution in [2.45, 2.75) is 46.4 Å². The van der Waals surface area contributed by atoms with Crippen molar-refractivity contribution in [2.24, 2.45) is 5.92 Å². The van der Waals surface area contributed by atoms with Gasteiger partial charge in [-0.05, 0) is 57.2 Å². The fourth-order valence-electron chi connectivity index (χ4n) is 4.05. The number of hydrogen-bond donors (Lipinski definition) is 2. The Morgan fingerprint density at radius 1 is 1.17 bits per heavy atom. The monoisotopic (exact) mass is 494 g/mol. The van der Waals surface area contributed by atoms with Crippen molar-refractivity contribution >= 4 is 23.4 Å². The number of oxazole rings is 1. The van der Waals surface area contributed by atoms with Crippen molar-refractivity contribution in [3.05, 3.63) is 59.4 Å². The molecule has 3 amide bonds. The zero-order valence-electron chi connectivity index (χ0n) is 20.8. The molecule has 1 fully saturated rings. The van der Waals surface area contributed by atoms with E-state index < -0.39 is 0 Å². The first-order valence-corrected chi connectivity index (χ1v) is 11.8. The number of hydrogen-bond acceptors (Lipinski definition) is 7. The van der Waals surface area contributed by atoms with Gasteiger partial charge in [0.25, 0.3) is 5.91 Å². The second-order valence-corrected chi connectivity index (χ2v) is 9.01. The molecule has 190 valence electrons. The number of amides is 3. The maximum atomic E-state index is 12.6. The predicted octanol–water partition coefficient (Wildman–Crippen LogP) is 3.51. The number of likely N-dealkylation sites (tertiary alicyclic amines) is 1. The van der Waals surface area contributed by atoms with E-state index in [2.05, 4.69) is 15.6 Å². The molecule has 0 bridgehead atoms. The number of aromatic nitrogens is 1. The van der Waals surface area contributed by atoms with E-state index in [1.807, 2.05) is 13.8 Å². The van der Waals surface area contributed by atoms with Gasteiger partial charge in [-0.15, -0.1) is 0 Å². The first kappa shape index (κ1) is 25.2. The van der Waals surface area contributed by atoms with E-state index in [1.54, 1.807) is 55.3 Å². The fraction of sp³-hybridized carbons (Fsp3) is 0.385. The van der Waals surface area contributed by atoms with Crippen molar-refractivity contribution in [1.82, 2.24) is 15.2 Å². The summed E-state index contributed by atoms with van der Waals surface area (Å²) in [5.74, 6) is 0.882. The maximum Gasteiger partial charge on any atom is 0.291 e. The molecule has 0 spiro atoms. The summed E-state index contributed by atoms with van der Waals surface area (Å²) in [6.07, 6.45) is 0.226. The highest BCUT2D eigenvalue weighted by molar-refractivity contribution is 6.02. The topological polar surface area (TPSA) is 127 Å². The Kier molecular flexibility index (Phi) is 7.54. The number of rotatable bonds is 9. The lowest BCUT2D eigenvalue weighted by Gasteiger charge is -2.20. The Hall–Kier alpha value is -3.92. The van der Waals surface area contributed by atoms with Gasteiger partial charge < -0.3 is 29.1 Å². The van der Waals surface area contributed by atoms with Crippen LogP contribution in [0.4, 0.5) is 5.69 Å². The van der Waals surface area contributed by atoms with Crippen LogP contribution in [0.2, 0.25) is 0 Å². The van der Waals surface area contributed by atoms with Crippen LogP contribution in [0.5, 0.6) is 0 Å². The van der Waals surface area contributed by atoms with Crippen LogP contribution < -0.4 is 10.6 Å². The van der Waals surface area contributed by atoms with E-state index in [9.17, 15) is 14.4 Å². The summed E-state index contributed by atoms with van der Waals surface area (Å²) in [6.45, 7) is 6.60. The number of ether oxygens (including phenoxy) is 1. The number of anilines is 1. The lowest BCUT2D eigenvalue weighted by atomic mass is 10.1. The molecule has 2 aromatic heterocycles. The minimum absolute atomic E-state index is 0.00435. The van der Waals surface area contributed by atoms with Gasteiger partial charge in [0, 0.05) is 37.4 Å². The van der Waals surface area contributed by atoms with Crippen LogP contribution in [0.1, 0.15) is 48.0 Å². The predicted molar refractivity (Wildman–Crippen MR) is 131 cm³/mol. The molecule has 0 saturated carbocycles. The summed E-state index contributed by atoms with van der Waals surface area (Å²) in [7, 11) is 1.55. The molecule has 0 aliphatic carbocycles. The summed E-state index contributed by atoms with van der Waals surface area (Å²) in [5.41, 5.74) is 1.93. The second-order valence-electron chi connectivity index (χ2n) is 9.01. The molecule has 0 unspecified atom stereocenters. The van der Waals surface area contributed by atoms with Crippen LogP contribution in [-0.2, 0) is 27.5 Å². The molecular formula is C26H30N4O6. The Balaban J connectivity index is 1.34. The van der Waals surface area contributed by atoms with E-state index in [0.717, 1.165) is 5.56 Å². The van der Waals surface area contributed by atoms with Crippen LogP contribution in [0.3, 0.4) is 0 Å². The van der Waals surface area contributed by atoms with Crippen LogP contribution in [-0.4, -0.2) is 47.3 Å². The Morgan fingerprint density at radius 2 is 1.92 bits per heavy atom. The zero-order chi connectivity index (χ0) is 25.8. The molecule has 3 heterocycles. The molecule has 1 saturated heterocycles. The first-order chi connectivity index (χ1) is 17.2. The van der Waals surface area contributed by atoms with E-state index in [1.165, 1.54) is 0 Å². The third-order valence-electron chi connectivity index (χ3n) is 6.04. The van der Waals surface area contributed by atoms with E-state index in [0.29, 0.717) is 41.9 Å². The first-order valence-electron chi connectivity index (χ1n) is 11.8. The number of nitrogens with one attached hydrogen (secondary N) is 2. The molecule has 1 atom stereocenters. The number of nitrogens with zero attached hydrogens (tertiary/aromatic N) is 2. The molecule has 36 heavy (non-hydrogen) atoms. The van der Waals surface area contributed by atoms with E-state index >= 15 is 0 Å². The Morgan fingerprint density at radius 3 is 2.58 bits per heavy atom. The third kappa shape index (κ3) is 5.65. The molecule has 2 N–H and O–H groups in total. The fourth-order valence-corrected chi connectivity index (χ4v) is 4.05. The summed E-state index contributed by atoms with van der Waals surface area (Å²) in [6, 6.07) is 10.4. The highest BCUT2D eigenvalue weighted by Gasteiger charge is 2.35. The van der Waals surface area contributed by atoms with Crippen LogP contribution >= 0.6 is 0 Å². The van der Waals surface area contributed by atoms with Gasteiger partial charge in [0.2, 0.25) is 17.7 Å². The number of carbonyl (C=O) groups excluding carboxylic acids is 3. The van der Waals surface area contributed by atoms with Crippen molar-refractivity contribution in [3.63, 3.8) is 0 Å². The maximum absolute atomic E-state index is 12.6. The molecule has 0 radical (unpaired) electrons. The quantitative estimate of drug-likeness (QED) is 0.466. The van der Waals surface area contributed by atoms with Crippen molar-refractivity contribution in [2.75, 3.05) is 19.0 Å². The number of furan rings is 1. The molecule has 1 aliphatic heterocycles. The second kappa shape index (κ2) is 10.8. The van der Waals surface area contributed by atoms with Crippen LogP contribution in [0.25, 0.3) is 11.5 Å². The summed E-state index contributed by atoms with van der Waals surface area (Å²) in [4.78, 5) is 43.3. The van der Waals surface area contributed by atoms with Gasteiger partial charge in [-0.3, -0.25) is 14.4 Å². The van der Waals surface area contributed by atoms with Gasteiger partial charge in [-0.2, -0.15) is 0 Å². The number of carbonyl (C=O) groups is 3. The van der Waals surface area contributed by atoms with E-state index in [-0.39, 0.29) is 48.4 Å². The van der Waals surface area contributed by atoms with Gasteiger partial charge in [0.05, 0.1) is 12.5 Å². The smallest absolute Gasteiger partial charge is 0.291 e. The van der Waals surface area contributed by atoms with E-state index in [4.69, 9.17) is 13.6 Å². The molecule has 10 heteroatoms. The van der Waals surface area contributed by atoms with Crippen molar-refractivity contribution in [3.8, 4) is 11.5 Å². The third-order valence-corrected chi connectivity index (χ3v) is 6.04. The number of aryl methyl sites for hydroxylation is 1. The minimum atomic E-state index is -0.365. The van der Waals surface area contributed by atoms with Crippen LogP contribution in [0.15, 0.2) is 45.2 Å². The molecule has 10 nitrogen and oxygen atoms in total. The molecular weight excluding hydrogens is 464 g/mol. The highest BCUT2D eigenvalue weighted by atomic mass is 16.5. The lowest BCUT2D eigenvalue weighted by Crippen LogP contribution is -2.35. The van der Waals surface area contributed by atoms with Gasteiger partial charge >= 0.3 is 0 Å². The van der Waals surface area contributed by atoms with Gasteiger partial charge in [-0.1, -0.05) is 0 Å². The average molecular weight is 495 g/mol. The number of methoxy groups -OCH3 is 1. The number of benzene rings is 1. The highest BCUT2D eigenvalue weighted by Crippen LogP contribution is 2.25. The Labute approximate surface area is 209 Å². The zero-order valence-corrected chi connectivity index (χ0v) is 20.8. The molecule has 3 aromatic rings. The lowest BCUT2D eigenvalue weighted by molar-refractivity contribution is -0.130. The minimum Gasteiger partial charge on any atom is -0.453 e. The van der Waals surface area contributed by atoms with Gasteiger partial charge in [0.15, 0.2) is 5.76 Å².